The summed E-state index contributed by atoms with van der Waals surface area (Å²) < 4.78 is 41.2. The number of aromatic carboxylic acids is 1. The molecule has 1 heterocycles. The van der Waals surface area contributed by atoms with Crippen LogP contribution in [-0.4, -0.2) is 42.5 Å². The van der Waals surface area contributed by atoms with Crippen molar-refractivity contribution in [2.24, 2.45) is 0 Å². The number of carbonyl (C=O) groups is 2. The summed E-state index contributed by atoms with van der Waals surface area (Å²) in [6, 6.07) is 26.1. The van der Waals surface area contributed by atoms with Gasteiger partial charge in [-0.15, -0.1) is 0 Å². The van der Waals surface area contributed by atoms with Crippen molar-refractivity contribution < 1.29 is 32.6 Å². The Balaban J connectivity index is 1.03. The van der Waals surface area contributed by atoms with E-state index in [1.807, 2.05) is 62.4 Å². The number of hydrogen-bond donors (Lipinski definition) is 3. The van der Waals surface area contributed by atoms with Crippen LogP contribution in [0, 0.1) is 13.8 Å². The van der Waals surface area contributed by atoms with Crippen LogP contribution in [-0.2, 0) is 10.0 Å². The van der Waals surface area contributed by atoms with E-state index in [1.165, 1.54) is 18.3 Å². The van der Waals surface area contributed by atoms with Crippen molar-refractivity contribution in [1.82, 2.24) is 9.71 Å². The topological polar surface area (TPSA) is 144 Å². The van der Waals surface area contributed by atoms with Crippen LogP contribution in [0.5, 0.6) is 17.4 Å². The summed E-state index contributed by atoms with van der Waals surface area (Å²) in [7, 11) is -3.59. The highest BCUT2D eigenvalue weighted by Gasteiger charge is 2.27. The Morgan fingerprint density at radius 1 is 0.833 bits per heavy atom. The van der Waals surface area contributed by atoms with Crippen molar-refractivity contribution in [3.63, 3.8) is 0 Å². The van der Waals surface area contributed by atoms with Crippen LogP contribution < -0.4 is 19.5 Å². The first kappa shape index (κ1) is 32.7. The summed E-state index contributed by atoms with van der Waals surface area (Å²) in [6.45, 7) is 3.70. The molecule has 10 nitrogen and oxygen atoms in total. The predicted octanol–water partition coefficient (Wildman–Crippen LogP) is 7.26. The molecule has 0 atom stereocenters. The van der Waals surface area contributed by atoms with Gasteiger partial charge in [0.05, 0.1) is 27.8 Å². The van der Waals surface area contributed by atoms with Gasteiger partial charge in [-0.25, -0.2) is 22.9 Å². The molecule has 0 radical (unpaired) electrons. The molecule has 0 unspecified atom stereocenters. The number of ether oxygens (including phenoxy) is 2. The molecule has 0 saturated heterocycles. The summed E-state index contributed by atoms with van der Waals surface area (Å²) >= 11 is 0. The van der Waals surface area contributed by atoms with Gasteiger partial charge in [-0.05, 0) is 110 Å². The minimum absolute atomic E-state index is 0.00504. The van der Waals surface area contributed by atoms with E-state index in [0.717, 1.165) is 40.5 Å². The Hall–Kier alpha value is -5.26. The van der Waals surface area contributed by atoms with Gasteiger partial charge in [0.25, 0.3) is 5.91 Å². The number of carboxylic acid groups (broad SMARTS) is 1. The summed E-state index contributed by atoms with van der Waals surface area (Å²) in [4.78, 5) is 28.7. The van der Waals surface area contributed by atoms with E-state index in [0.29, 0.717) is 29.4 Å². The molecular formula is C37H35N3O7S. The second-order valence-corrected chi connectivity index (χ2v) is 13.6. The highest BCUT2D eigenvalue weighted by atomic mass is 32.2. The fourth-order valence-corrected chi connectivity index (χ4v) is 7.41. The molecule has 246 valence electrons. The number of sulfonamides is 1. The van der Waals surface area contributed by atoms with Crippen molar-refractivity contribution in [3.8, 4) is 17.4 Å². The zero-order valence-corrected chi connectivity index (χ0v) is 27.3. The van der Waals surface area contributed by atoms with Crippen LogP contribution in [0.25, 0.3) is 10.8 Å². The normalized spacial score (nSPS) is 16.3. The number of aryl methyl sites for hydroxylation is 2. The maximum absolute atomic E-state index is 13.0. The Bertz CT molecular complexity index is 2090. The second-order valence-electron chi connectivity index (χ2n) is 11.9. The number of pyridine rings is 1. The van der Waals surface area contributed by atoms with Crippen LogP contribution >= 0.6 is 0 Å². The number of carbonyl (C=O) groups excluding carboxylic acids is 1. The average Bonchev–Trinajstić information content (AvgIpc) is 3.07. The van der Waals surface area contributed by atoms with Crippen LogP contribution in [0.2, 0.25) is 0 Å². The van der Waals surface area contributed by atoms with Crippen molar-refractivity contribution in [2.75, 3.05) is 5.32 Å². The molecular weight excluding hydrogens is 630 g/mol. The van der Waals surface area contributed by atoms with Gasteiger partial charge in [0, 0.05) is 18.3 Å². The molecule has 1 amide bonds. The van der Waals surface area contributed by atoms with Gasteiger partial charge in [-0.1, -0.05) is 36.4 Å². The third kappa shape index (κ3) is 7.64. The first-order valence-corrected chi connectivity index (χ1v) is 17.1. The Morgan fingerprint density at radius 2 is 1.54 bits per heavy atom. The van der Waals surface area contributed by atoms with Crippen molar-refractivity contribution in [2.45, 2.75) is 56.6 Å². The lowest BCUT2D eigenvalue weighted by Crippen LogP contribution is -2.39. The van der Waals surface area contributed by atoms with E-state index < -0.39 is 21.9 Å². The van der Waals surface area contributed by atoms with E-state index in [4.69, 9.17) is 9.47 Å². The van der Waals surface area contributed by atoms with Crippen LogP contribution in [0.1, 0.15) is 57.5 Å². The number of para-hydroxylation sites is 1. The molecule has 1 aliphatic rings. The van der Waals surface area contributed by atoms with Crippen LogP contribution in [0.15, 0.2) is 102 Å². The van der Waals surface area contributed by atoms with E-state index in [-0.39, 0.29) is 29.0 Å². The van der Waals surface area contributed by atoms with Gasteiger partial charge >= 0.3 is 5.97 Å². The Kier molecular flexibility index (Phi) is 9.42. The molecule has 5 aromatic rings. The maximum Gasteiger partial charge on any atom is 0.337 e. The average molecular weight is 666 g/mol. The minimum Gasteiger partial charge on any atom is -0.490 e. The Morgan fingerprint density at radius 3 is 2.25 bits per heavy atom. The molecule has 0 aliphatic heterocycles. The number of rotatable bonds is 10. The number of carboxylic acids is 1. The largest absolute Gasteiger partial charge is 0.490 e. The molecule has 0 spiro atoms. The van der Waals surface area contributed by atoms with Crippen LogP contribution in [0.4, 0.5) is 5.69 Å². The van der Waals surface area contributed by atoms with Gasteiger partial charge in [-0.2, -0.15) is 0 Å². The minimum atomic E-state index is -3.59. The molecule has 4 aromatic carbocycles. The molecule has 6 rings (SSSR count). The highest BCUT2D eigenvalue weighted by Crippen LogP contribution is 2.30. The monoisotopic (exact) mass is 665 g/mol. The van der Waals surface area contributed by atoms with Crippen molar-refractivity contribution in [1.29, 1.82) is 0 Å². The van der Waals surface area contributed by atoms with Crippen LogP contribution in [0.3, 0.4) is 0 Å². The fourth-order valence-electron chi connectivity index (χ4n) is 5.78. The maximum atomic E-state index is 13.0. The number of amides is 1. The first-order chi connectivity index (χ1) is 23.0. The van der Waals surface area contributed by atoms with Gasteiger partial charge in [0.2, 0.25) is 15.9 Å². The third-order valence-electron chi connectivity index (χ3n) is 8.34. The zero-order chi connectivity index (χ0) is 33.8. The highest BCUT2D eigenvalue weighted by molar-refractivity contribution is 7.89. The molecule has 0 bridgehead atoms. The van der Waals surface area contributed by atoms with E-state index in [2.05, 4.69) is 15.0 Å². The first-order valence-electron chi connectivity index (χ1n) is 15.6. The molecule has 1 saturated carbocycles. The lowest BCUT2D eigenvalue weighted by atomic mass is 9.93. The number of nitrogens with one attached hydrogen (secondary N) is 2. The molecule has 3 N–H and O–H groups in total. The number of fused-ring (bicyclic) bond motifs is 1. The summed E-state index contributed by atoms with van der Waals surface area (Å²) in [5.41, 5.74) is 2.08. The van der Waals surface area contributed by atoms with Crippen molar-refractivity contribution >= 4 is 38.4 Å². The zero-order valence-electron chi connectivity index (χ0n) is 26.5. The van der Waals surface area contributed by atoms with E-state index >= 15 is 0 Å². The van der Waals surface area contributed by atoms with Crippen molar-refractivity contribution in [3.05, 3.63) is 119 Å². The molecule has 11 heteroatoms. The fraction of sp³-hybridized carbons (Fsp3) is 0.216. The second kappa shape index (κ2) is 13.8. The number of benzene rings is 4. The summed E-state index contributed by atoms with van der Waals surface area (Å²) in [5.74, 6) is -0.0143. The number of nitrogens with zero attached hydrogens (tertiary/aromatic N) is 1. The third-order valence-corrected chi connectivity index (χ3v) is 10.0. The quantitative estimate of drug-likeness (QED) is 0.141. The molecule has 1 aliphatic carbocycles. The number of aromatic nitrogens is 1. The summed E-state index contributed by atoms with van der Waals surface area (Å²) in [5, 5.41) is 13.9. The standard InChI is InChI=1S/C37H35N3O7S/c1-23-7-8-24(2)34(19-23)48(44,45)40-28-12-16-29(17-13-28)46-30-14-9-26-21-31(15-10-25(26)20-30)47-35-18-11-27(22-38-35)36(41)39-33-6-4-3-5-32(33)37(42)43/h3-11,14-15,18-22,28-29,40H,12-13,16-17H2,1-2H3,(H,39,41)(H,42,43). The Labute approximate surface area is 278 Å². The molecule has 1 fully saturated rings. The summed E-state index contributed by atoms with van der Waals surface area (Å²) in [6.07, 6.45) is 4.24. The van der Waals surface area contributed by atoms with Gasteiger partial charge in [0.1, 0.15) is 11.5 Å². The van der Waals surface area contributed by atoms with Gasteiger partial charge in [0.15, 0.2) is 0 Å². The van der Waals surface area contributed by atoms with E-state index in [9.17, 15) is 23.1 Å². The van der Waals surface area contributed by atoms with Gasteiger partial charge in [-0.3, -0.25) is 4.79 Å². The number of hydrogen-bond acceptors (Lipinski definition) is 7. The lowest BCUT2D eigenvalue weighted by Gasteiger charge is -2.29. The molecule has 1 aromatic heterocycles. The number of anilines is 1. The molecule has 48 heavy (non-hydrogen) atoms. The van der Waals surface area contributed by atoms with E-state index in [1.54, 1.807) is 30.3 Å². The lowest BCUT2D eigenvalue weighted by molar-refractivity contribution is 0.0698. The smallest absolute Gasteiger partial charge is 0.337 e. The van der Waals surface area contributed by atoms with Gasteiger partial charge < -0.3 is 19.9 Å². The predicted molar refractivity (Wildman–Crippen MR) is 183 cm³/mol. The SMILES string of the molecule is Cc1ccc(C)c(S(=O)(=O)NC2CCC(Oc3ccc4cc(Oc5ccc(C(=O)Nc6ccccc6C(=O)O)cn5)ccc4c3)CC2)c1.